The number of nitrogens with one attached hydrogen (secondary N) is 2. The number of benzene rings is 1. The number of carbonyl (C=O) groups excluding carboxylic acids is 1. The van der Waals surface area contributed by atoms with Crippen molar-refractivity contribution in [2.75, 3.05) is 18.4 Å². The Morgan fingerprint density at radius 3 is 2.61 bits per heavy atom. The normalized spacial score (nSPS) is 10.2. The van der Waals surface area contributed by atoms with E-state index in [1.165, 1.54) is 0 Å². The van der Waals surface area contributed by atoms with Crippen molar-refractivity contribution in [3.05, 3.63) is 29.3 Å². The molecule has 3 nitrogen and oxygen atoms in total. The van der Waals surface area contributed by atoms with Crippen molar-refractivity contribution in [1.29, 1.82) is 0 Å². The molecule has 0 saturated heterocycles. The first-order valence-corrected chi connectivity index (χ1v) is 6.81. The molecule has 3 heteroatoms. The summed E-state index contributed by atoms with van der Waals surface area (Å²) in [6.07, 6.45) is 3.16. The summed E-state index contributed by atoms with van der Waals surface area (Å²) in [6, 6.07) is 5.96. The van der Waals surface area contributed by atoms with Crippen LogP contribution in [0.3, 0.4) is 0 Å². The van der Waals surface area contributed by atoms with Gasteiger partial charge in [0.1, 0.15) is 0 Å². The van der Waals surface area contributed by atoms with Gasteiger partial charge in [-0.1, -0.05) is 31.9 Å². The zero-order valence-electron chi connectivity index (χ0n) is 11.7. The maximum Gasteiger partial charge on any atom is 0.253 e. The molecule has 0 bridgehead atoms. The lowest BCUT2D eigenvalue weighted by molar-refractivity contribution is 0.0954. The van der Waals surface area contributed by atoms with Gasteiger partial charge < -0.3 is 10.6 Å². The van der Waals surface area contributed by atoms with Gasteiger partial charge in [0.05, 0.1) is 5.56 Å². The Hall–Kier alpha value is -1.51. The number of carbonyl (C=O) groups is 1. The summed E-state index contributed by atoms with van der Waals surface area (Å²) in [6.45, 7) is 7.87. The molecule has 0 radical (unpaired) electrons. The third-order valence-electron chi connectivity index (χ3n) is 2.80. The summed E-state index contributed by atoms with van der Waals surface area (Å²) in [5, 5.41) is 6.27. The predicted octanol–water partition coefficient (Wildman–Crippen LogP) is 3.35. The Morgan fingerprint density at radius 2 is 1.94 bits per heavy atom. The molecule has 0 unspecified atom stereocenters. The maximum atomic E-state index is 12.1. The first-order valence-electron chi connectivity index (χ1n) is 6.81. The van der Waals surface area contributed by atoms with Crippen LogP contribution in [0.1, 0.15) is 49.0 Å². The van der Waals surface area contributed by atoms with E-state index in [1.807, 2.05) is 25.1 Å². The molecule has 0 spiro atoms. The molecular weight excluding hydrogens is 224 g/mol. The van der Waals surface area contributed by atoms with E-state index in [-0.39, 0.29) is 5.91 Å². The molecule has 1 aromatic rings. The summed E-state index contributed by atoms with van der Waals surface area (Å²) < 4.78 is 0. The third-order valence-corrected chi connectivity index (χ3v) is 2.80. The smallest absolute Gasteiger partial charge is 0.253 e. The van der Waals surface area contributed by atoms with Gasteiger partial charge in [-0.25, -0.2) is 0 Å². The lowest BCUT2D eigenvalue weighted by atomic mass is 10.1. The number of rotatable bonds is 7. The van der Waals surface area contributed by atoms with E-state index >= 15 is 0 Å². The SMILES string of the molecule is CCCCNC(=O)c1cc(C)ccc1NCCC. The van der Waals surface area contributed by atoms with E-state index < -0.39 is 0 Å². The van der Waals surface area contributed by atoms with Crippen LogP contribution in [0, 0.1) is 6.92 Å². The Labute approximate surface area is 110 Å². The van der Waals surface area contributed by atoms with Crippen LogP contribution in [0.25, 0.3) is 0 Å². The number of hydrogen-bond acceptors (Lipinski definition) is 2. The van der Waals surface area contributed by atoms with Crippen LogP contribution < -0.4 is 10.6 Å². The second-order valence-electron chi connectivity index (χ2n) is 4.59. The van der Waals surface area contributed by atoms with E-state index in [1.54, 1.807) is 0 Å². The van der Waals surface area contributed by atoms with Gasteiger partial charge in [0, 0.05) is 18.8 Å². The van der Waals surface area contributed by atoms with Crippen molar-refractivity contribution in [1.82, 2.24) is 5.32 Å². The topological polar surface area (TPSA) is 41.1 Å². The molecule has 100 valence electrons. The highest BCUT2D eigenvalue weighted by molar-refractivity contribution is 5.99. The first-order chi connectivity index (χ1) is 8.69. The van der Waals surface area contributed by atoms with Crippen molar-refractivity contribution in [3.63, 3.8) is 0 Å². The van der Waals surface area contributed by atoms with Gasteiger partial charge in [0.2, 0.25) is 0 Å². The minimum atomic E-state index is 0.0192. The average Bonchev–Trinajstić information content (AvgIpc) is 2.37. The van der Waals surface area contributed by atoms with Crippen molar-refractivity contribution in [2.45, 2.75) is 40.0 Å². The largest absolute Gasteiger partial charge is 0.384 e. The minimum Gasteiger partial charge on any atom is -0.384 e. The molecule has 1 aromatic carbocycles. The van der Waals surface area contributed by atoms with Gasteiger partial charge in [-0.2, -0.15) is 0 Å². The van der Waals surface area contributed by atoms with Crippen molar-refractivity contribution < 1.29 is 4.79 Å². The third kappa shape index (κ3) is 4.40. The average molecular weight is 248 g/mol. The summed E-state index contributed by atoms with van der Waals surface area (Å²) in [7, 11) is 0. The molecule has 0 aromatic heterocycles. The Balaban J connectivity index is 2.76. The zero-order valence-corrected chi connectivity index (χ0v) is 11.7. The molecule has 0 heterocycles. The second kappa shape index (κ2) is 7.75. The first kappa shape index (κ1) is 14.6. The van der Waals surface area contributed by atoms with Crippen LogP contribution in [0.2, 0.25) is 0 Å². The number of unbranched alkanes of at least 4 members (excludes halogenated alkanes) is 1. The molecule has 0 aliphatic heterocycles. The second-order valence-corrected chi connectivity index (χ2v) is 4.59. The van der Waals surface area contributed by atoms with Crippen LogP contribution in [-0.4, -0.2) is 19.0 Å². The van der Waals surface area contributed by atoms with Crippen LogP contribution in [0.5, 0.6) is 0 Å². The van der Waals surface area contributed by atoms with Crippen molar-refractivity contribution in [3.8, 4) is 0 Å². The fourth-order valence-electron chi connectivity index (χ4n) is 1.73. The van der Waals surface area contributed by atoms with Crippen LogP contribution in [-0.2, 0) is 0 Å². The number of hydrogen-bond donors (Lipinski definition) is 2. The summed E-state index contributed by atoms with van der Waals surface area (Å²) in [4.78, 5) is 12.1. The monoisotopic (exact) mass is 248 g/mol. The highest BCUT2D eigenvalue weighted by Gasteiger charge is 2.10. The van der Waals surface area contributed by atoms with Crippen molar-refractivity contribution >= 4 is 11.6 Å². The van der Waals surface area contributed by atoms with Gasteiger partial charge in [-0.05, 0) is 31.9 Å². The molecule has 0 saturated carbocycles. The molecule has 0 atom stereocenters. The number of amides is 1. The van der Waals surface area contributed by atoms with E-state index in [0.717, 1.165) is 49.2 Å². The van der Waals surface area contributed by atoms with Crippen LogP contribution in [0.15, 0.2) is 18.2 Å². The van der Waals surface area contributed by atoms with Gasteiger partial charge in [-0.15, -0.1) is 0 Å². The van der Waals surface area contributed by atoms with Crippen LogP contribution >= 0.6 is 0 Å². The summed E-state index contributed by atoms with van der Waals surface area (Å²) in [5.41, 5.74) is 2.79. The molecule has 18 heavy (non-hydrogen) atoms. The minimum absolute atomic E-state index is 0.0192. The molecule has 1 amide bonds. The van der Waals surface area contributed by atoms with Gasteiger partial charge >= 0.3 is 0 Å². The van der Waals surface area contributed by atoms with Gasteiger partial charge in [0.25, 0.3) is 5.91 Å². The quantitative estimate of drug-likeness (QED) is 0.727. The van der Waals surface area contributed by atoms with Crippen LogP contribution in [0.4, 0.5) is 5.69 Å². The van der Waals surface area contributed by atoms with E-state index in [9.17, 15) is 4.79 Å². The maximum absolute atomic E-state index is 12.1. The fraction of sp³-hybridized carbons (Fsp3) is 0.533. The Morgan fingerprint density at radius 1 is 1.17 bits per heavy atom. The molecule has 0 fully saturated rings. The van der Waals surface area contributed by atoms with E-state index in [0.29, 0.717) is 0 Å². The van der Waals surface area contributed by atoms with Gasteiger partial charge in [-0.3, -0.25) is 4.79 Å². The van der Waals surface area contributed by atoms with Crippen molar-refractivity contribution in [2.24, 2.45) is 0 Å². The lowest BCUT2D eigenvalue weighted by Gasteiger charge is -2.12. The number of aryl methyl sites for hydroxylation is 1. The summed E-state index contributed by atoms with van der Waals surface area (Å²) >= 11 is 0. The number of anilines is 1. The van der Waals surface area contributed by atoms with E-state index in [2.05, 4.69) is 24.5 Å². The molecule has 2 N–H and O–H groups in total. The molecule has 0 aliphatic rings. The van der Waals surface area contributed by atoms with Gasteiger partial charge in [0.15, 0.2) is 0 Å². The Kier molecular flexibility index (Phi) is 6.26. The fourth-order valence-corrected chi connectivity index (χ4v) is 1.73. The Bertz CT molecular complexity index is 388. The van der Waals surface area contributed by atoms with E-state index in [4.69, 9.17) is 0 Å². The highest BCUT2D eigenvalue weighted by Crippen LogP contribution is 2.17. The zero-order chi connectivity index (χ0) is 13.4. The standard InChI is InChI=1S/C15H24N2O/c1-4-6-10-17-15(18)13-11-12(3)7-8-14(13)16-9-5-2/h7-8,11,16H,4-6,9-10H2,1-3H3,(H,17,18). The highest BCUT2D eigenvalue weighted by atomic mass is 16.1. The molecular formula is C15H24N2O. The predicted molar refractivity (Wildman–Crippen MR) is 77.2 cm³/mol. The summed E-state index contributed by atoms with van der Waals surface area (Å²) in [5.74, 6) is 0.0192. The molecule has 1 rings (SSSR count). The lowest BCUT2D eigenvalue weighted by Crippen LogP contribution is -2.25. The molecule has 0 aliphatic carbocycles.